The van der Waals surface area contributed by atoms with E-state index in [2.05, 4.69) is 5.32 Å². The number of nitrogen functional groups attached to an aromatic ring is 1. The standard InChI is InChI=1S/C18H22FN3O4S/c1-22(27(24,25)15-8-5-13(19)6-9-15)11-3-4-18(23)21-14-7-10-17(26-2)16(20)12-14/h5-10,12H,3-4,11,20H2,1-2H3,(H,21,23). The summed E-state index contributed by atoms with van der Waals surface area (Å²) >= 11 is 0. The number of ether oxygens (including phenoxy) is 1. The fourth-order valence-corrected chi connectivity index (χ4v) is 3.61. The maximum absolute atomic E-state index is 12.9. The zero-order valence-electron chi connectivity index (χ0n) is 15.1. The van der Waals surface area contributed by atoms with Crippen LogP contribution in [0.4, 0.5) is 15.8 Å². The van der Waals surface area contributed by atoms with Crippen LogP contribution >= 0.6 is 0 Å². The first-order valence-electron chi connectivity index (χ1n) is 8.19. The summed E-state index contributed by atoms with van der Waals surface area (Å²) in [4.78, 5) is 12.0. The van der Waals surface area contributed by atoms with Gasteiger partial charge in [-0.2, -0.15) is 0 Å². The maximum Gasteiger partial charge on any atom is 0.242 e. The highest BCUT2D eigenvalue weighted by Crippen LogP contribution is 2.24. The molecule has 0 heterocycles. The van der Waals surface area contributed by atoms with Gasteiger partial charge < -0.3 is 15.8 Å². The molecule has 27 heavy (non-hydrogen) atoms. The lowest BCUT2D eigenvalue weighted by Crippen LogP contribution is -2.28. The second-order valence-electron chi connectivity index (χ2n) is 5.89. The van der Waals surface area contributed by atoms with Gasteiger partial charge in [-0.1, -0.05) is 0 Å². The van der Waals surface area contributed by atoms with Gasteiger partial charge in [0.2, 0.25) is 15.9 Å². The summed E-state index contributed by atoms with van der Waals surface area (Å²) in [6.45, 7) is 0.151. The summed E-state index contributed by atoms with van der Waals surface area (Å²) in [5.74, 6) is -0.250. The summed E-state index contributed by atoms with van der Waals surface area (Å²) < 4.78 is 43.9. The molecule has 0 aliphatic rings. The minimum Gasteiger partial charge on any atom is -0.495 e. The third-order valence-electron chi connectivity index (χ3n) is 3.91. The van der Waals surface area contributed by atoms with Crippen molar-refractivity contribution in [3.8, 4) is 5.75 Å². The summed E-state index contributed by atoms with van der Waals surface area (Å²) in [7, 11) is -0.803. The molecule has 7 nitrogen and oxygen atoms in total. The Morgan fingerprint density at radius 3 is 2.48 bits per heavy atom. The Balaban J connectivity index is 1.86. The van der Waals surface area contributed by atoms with Gasteiger partial charge in [-0.25, -0.2) is 17.1 Å². The third-order valence-corrected chi connectivity index (χ3v) is 5.78. The van der Waals surface area contributed by atoms with Gasteiger partial charge in [0.05, 0.1) is 17.7 Å². The highest BCUT2D eigenvalue weighted by molar-refractivity contribution is 7.89. The number of methoxy groups -OCH3 is 1. The largest absolute Gasteiger partial charge is 0.495 e. The van der Waals surface area contributed by atoms with Crippen LogP contribution in [-0.2, 0) is 14.8 Å². The zero-order chi connectivity index (χ0) is 20.0. The van der Waals surface area contributed by atoms with Gasteiger partial charge in [-0.3, -0.25) is 4.79 Å². The molecule has 0 radical (unpaired) electrons. The van der Waals surface area contributed by atoms with Gasteiger partial charge in [-0.05, 0) is 48.9 Å². The Labute approximate surface area is 158 Å². The second-order valence-corrected chi connectivity index (χ2v) is 7.93. The van der Waals surface area contributed by atoms with Crippen molar-refractivity contribution < 1.29 is 22.3 Å². The molecule has 0 unspecified atom stereocenters. The lowest BCUT2D eigenvalue weighted by atomic mass is 10.2. The van der Waals surface area contributed by atoms with Crippen molar-refractivity contribution in [3.05, 3.63) is 48.3 Å². The second kappa shape index (κ2) is 8.83. The molecule has 1 amide bonds. The molecule has 2 aromatic carbocycles. The highest BCUT2D eigenvalue weighted by Gasteiger charge is 2.20. The van der Waals surface area contributed by atoms with Crippen LogP contribution in [0.5, 0.6) is 5.75 Å². The van der Waals surface area contributed by atoms with E-state index in [1.807, 2.05) is 0 Å². The molecule has 0 aliphatic carbocycles. The average molecular weight is 395 g/mol. The molecule has 146 valence electrons. The molecular formula is C18H22FN3O4S. The maximum atomic E-state index is 12.9. The summed E-state index contributed by atoms with van der Waals surface area (Å²) in [5, 5.41) is 2.70. The number of nitrogens with one attached hydrogen (secondary N) is 1. The number of hydrogen-bond acceptors (Lipinski definition) is 5. The molecule has 3 N–H and O–H groups in total. The molecule has 0 bridgehead atoms. The van der Waals surface area contributed by atoms with Gasteiger partial charge in [0.15, 0.2) is 0 Å². The number of nitrogens with two attached hydrogens (primary N) is 1. The van der Waals surface area contributed by atoms with E-state index in [9.17, 15) is 17.6 Å². The normalized spacial score (nSPS) is 11.4. The summed E-state index contributed by atoms with van der Waals surface area (Å²) in [5.41, 5.74) is 6.72. The number of nitrogens with zero attached hydrogens (tertiary/aromatic N) is 1. The van der Waals surface area contributed by atoms with Crippen molar-refractivity contribution in [2.75, 3.05) is 31.8 Å². The molecule has 0 saturated carbocycles. The van der Waals surface area contributed by atoms with Gasteiger partial charge >= 0.3 is 0 Å². The Morgan fingerprint density at radius 2 is 1.89 bits per heavy atom. The summed E-state index contributed by atoms with van der Waals surface area (Å²) in [6.07, 6.45) is 0.462. The van der Waals surface area contributed by atoms with Gasteiger partial charge in [0, 0.05) is 25.7 Å². The Hall–Kier alpha value is -2.65. The van der Waals surface area contributed by atoms with Gasteiger partial charge in [0.1, 0.15) is 11.6 Å². The molecule has 0 aliphatic heterocycles. The molecule has 9 heteroatoms. The van der Waals surface area contributed by atoms with Crippen LogP contribution < -0.4 is 15.8 Å². The minimum atomic E-state index is -3.72. The fourth-order valence-electron chi connectivity index (χ4n) is 2.40. The number of carbonyl (C=O) groups excluding carboxylic acids is 1. The topological polar surface area (TPSA) is 102 Å². The number of anilines is 2. The first-order chi connectivity index (χ1) is 12.7. The first-order valence-corrected chi connectivity index (χ1v) is 9.63. The Bertz CT molecular complexity index is 901. The van der Waals surface area contributed by atoms with Crippen molar-refractivity contribution in [1.29, 1.82) is 0 Å². The third kappa shape index (κ3) is 5.41. The van der Waals surface area contributed by atoms with Crippen LogP contribution in [0, 0.1) is 5.82 Å². The van der Waals surface area contributed by atoms with E-state index in [0.29, 0.717) is 23.5 Å². The number of carbonyl (C=O) groups is 1. The van der Waals surface area contributed by atoms with E-state index in [0.717, 1.165) is 16.4 Å². The molecular weight excluding hydrogens is 373 g/mol. The molecule has 2 aromatic rings. The average Bonchev–Trinajstić information content (AvgIpc) is 2.62. The van der Waals surface area contributed by atoms with E-state index < -0.39 is 15.8 Å². The van der Waals surface area contributed by atoms with Crippen molar-refractivity contribution >= 4 is 27.3 Å². The van der Waals surface area contributed by atoms with Crippen LogP contribution in [0.2, 0.25) is 0 Å². The van der Waals surface area contributed by atoms with E-state index in [4.69, 9.17) is 10.5 Å². The summed E-state index contributed by atoms with van der Waals surface area (Å²) in [6, 6.07) is 9.50. The van der Waals surface area contributed by atoms with Crippen molar-refractivity contribution in [3.63, 3.8) is 0 Å². The van der Waals surface area contributed by atoms with Crippen molar-refractivity contribution in [2.45, 2.75) is 17.7 Å². The van der Waals surface area contributed by atoms with Crippen LogP contribution in [0.25, 0.3) is 0 Å². The minimum absolute atomic E-state index is 0.00422. The highest BCUT2D eigenvalue weighted by atomic mass is 32.2. The zero-order valence-corrected chi connectivity index (χ0v) is 15.9. The fraction of sp³-hybridized carbons (Fsp3) is 0.278. The van der Waals surface area contributed by atoms with Gasteiger partial charge in [-0.15, -0.1) is 0 Å². The Morgan fingerprint density at radius 1 is 1.22 bits per heavy atom. The van der Waals surface area contributed by atoms with E-state index >= 15 is 0 Å². The van der Waals surface area contributed by atoms with Gasteiger partial charge in [0.25, 0.3) is 0 Å². The molecule has 0 fully saturated rings. The number of benzene rings is 2. The number of hydrogen-bond donors (Lipinski definition) is 2. The van der Waals surface area contributed by atoms with E-state index in [1.165, 1.54) is 26.3 Å². The van der Waals surface area contributed by atoms with Crippen LogP contribution in [0.15, 0.2) is 47.4 Å². The molecule has 0 atom stereocenters. The first kappa shape index (κ1) is 20.7. The lowest BCUT2D eigenvalue weighted by Gasteiger charge is -2.17. The predicted octanol–water partition coefficient (Wildman–Crippen LogP) is 2.46. The van der Waals surface area contributed by atoms with Crippen LogP contribution in [0.3, 0.4) is 0 Å². The quantitative estimate of drug-likeness (QED) is 0.669. The molecule has 0 aromatic heterocycles. The molecule has 0 spiro atoms. The van der Waals surface area contributed by atoms with Crippen LogP contribution in [0.1, 0.15) is 12.8 Å². The number of halogens is 1. The number of rotatable bonds is 8. The van der Waals surface area contributed by atoms with E-state index in [-0.39, 0.29) is 23.8 Å². The number of sulfonamides is 1. The monoisotopic (exact) mass is 395 g/mol. The smallest absolute Gasteiger partial charge is 0.242 e. The van der Waals surface area contributed by atoms with Crippen molar-refractivity contribution in [1.82, 2.24) is 4.31 Å². The number of amides is 1. The Kier molecular flexibility index (Phi) is 6.75. The predicted molar refractivity (Wildman–Crippen MR) is 101 cm³/mol. The molecule has 0 saturated heterocycles. The SMILES string of the molecule is COc1ccc(NC(=O)CCCN(C)S(=O)(=O)c2ccc(F)cc2)cc1N. The van der Waals surface area contributed by atoms with Crippen LogP contribution in [-0.4, -0.2) is 39.3 Å². The molecule has 2 rings (SSSR count). The van der Waals surface area contributed by atoms with E-state index in [1.54, 1.807) is 18.2 Å². The van der Waals surface area contributed by atoms with Crippen molar-refractivity contribution in [2.24, 2.45) is 0 Å². The lowest BCUT2D eigenvalue weighted by molar-refractivity contribution is -0.116.